The number of rotatable bonds is 2. The Morgan fingerprint density at radius 3 is 2.62 bits per heavy atom. The number of anilines is 3. The van der Waals surface area contributed by atoms with E-state index >= 15 is 0 Å². The van der Waals surface area contributed by atoms with Crippen LogP contribution in [0, 0.1) is 13.6 Å². The summed E-state index contributed by atoms with van der Waals surface area (Å²) in [5.41, 5.74) is 4.76. The SMILES string of the molecule is Cc1ccc2c(oc3ncccc32)c1N1[CH]N(C(C)C)c2cccnc21. The van der Waals surface area contributed by atoms with Crippen LogP contribution in [0.5, 0.6) is 0 Å². The predicted molar refractivity (Wildman–Crippen MR) is 105 cm³/mol. The lowest BCUT2D eigenvalue weighted by atomic mass is 10.1. The molecule has 0 spiro atoms. The van der Waals surface area contributed by atoms with Crippen LogP contribution in [0.2, 0.25) is 0 Å². The first kappa shape index (κ1) is 15.2. The largest absolute Gasteiger partial charge is 0.435 e. The second kappa shape index (κ2) is 5.46. The Kier molecular flexibility index (Phi) is 3.19. The van der Waals surface area contributed by atoms with E-state index in [4.69, 9.17) is 4.42 Å². The van der Waals surface area contributed by atoms with E-state index in [2.05, 4.69) is 65.4 Å². The first-order chi connectivity index (χ1) is 12.6. The topological polar surface area (TPSA) is 45.4 Å². The van der Waals surface area contributed by atoms with Crippen molar-refractivity contribution in [1.29, 1.82) is 0 Å². The van der Waals surface area contributed by atoms with Crippen LogP contribution in [0.3, 0.4) is 0 Å². The van der Waals surface area contributed by atoms with Gasteiger partial charge < -0.3 is 9.32 Å². The minimum absolute atomic E-state index is 0.333. The van der Waals surface area contributed by atoms with Crippen LogP contribution >= 0.6 is 0 Å². The van der Waals surface area contributed by atoms with Gasteiger partial charge in [0.25, 0.3) is 0 Å². The summed E-state index contributed by atoms with van der Waals surface area (Å²) >= 11 is 0. The summed E-state index contributed by atoms with van der Waals surface area (Å²) in [7, 11) is 0. The zero-order valence-electron chi connectivity index (χ0n) is 15.0. The Bertz CT molecular complexity index is 1130. The summed E-state index contributed by atoms with van der Waals surface area (Å²) in [6, 6.07) is 12.6. The normalized spacial score (nSPS) is 14.0. The zero-order valence-corrected chi connectivity index (χ0v) is 15.0. The molecular formula is C21H19N4O. The van der Waals surface area contributed by atoms with Gasteiger partial charge in [0, 0.05) is 29.2 Å². The molecule has 0 saturated heterocycles. The highest BCUT2D eigenvalue weighted by molar-refractivity contribution is 6.09. The van der Waals surface area contributed by atoms with Crippen LogP contribution in [0.25, 0.3) is 22.1 Å². The van der Waals surface area contributed by atoms with Crippen molar-refractivity contribution in [1.82, 2.24) is 9.97 Å². The van der Waals surface area contributed by atoms with Crippen LogP contribution in [-0.4, -0.2) is 16.0 Å². The van der Waals surface area contributed by atoms with Gasteiger partial charge in [-0.05, 0) is 50.6 Å². The van der Waals surface area contributed by atoms with Crippen molar-refractivity contribution >= 4 is 39.3 Å². The van der Waals surface area contributed by atoms with E-state index in [-0.39, 0.29) is 0 Å². The smallest absolute Gasteiger partial charge is 0.227 e. The van der Waals surface area contributed by atoms with Gasteiger partial charge in [-0.15, -0.1) is 0 Å². The fraction of sp³-hybridized carbons (Fsp3) is 0.190. The van der Waals surface area contributed by atoms with E-state index in [1.807, 2.05) is 24.4 Å². The molecule has 0 atom stereocenters. The minimum Gasteiger partial charge on any atom is -0.435 e. The Labute approximate surface area is 151 Å². The standard InChI is InChI=1S/C21H19N4O/c1-13(2)24-12-25(20-17(24)7-5-10-22-20)18-14(3)8-9-15-16-6-4-11-23-21(16)26-19(15)18/h4-13H,1-3H3. The highest BCUT2D eigenvalue weighted by Gasteiger charge is 2.33. The van der Waals surface area contributed by atoms with Gasteiger partial charge in [0.1, 0.15) is 6.67 Å². The molecule has 1 radical (unpaired) electrons. The highest BCUT2D eigenvalue weighted by Crippen LogP contribution is 2.46. The summed E-state index contributed by atoms with van der Waals surface area (Å²) in [6.45, 7) is 8.57. The number of fused-ring (bicyclic) bond motifs is 4. The number of hydrogen-bond donors (Lipinski definition) is 0. The number of nitrogens with zero attached hydrogens (tertiary/aromatic N) is 4. The third kappa shape index (κ3) is 2.03. The molecule has 0 amide bonds. The van der Waals surface area contributed by atoms with Gasteiger partial charge in [0.15, 0.2) is 11.4 Å². The van der Waals surface area contributed by atoms with Gasteiger partial charge in [0.05, 0.1) is 11.4 Å². The van der Waals surface area contributed by atoms with E-state index in [9.17, 15) is 0 Å². The average Bonchev–Trinajstić information content (AvgIpc) is 3.20. The van der Waals surface area contributed by atoms with Crippen molar-refractivity contribution in [3.63, 3.8) is 0 Å². The predicted octanol–water partition coefficient (Wildman–Crippen LogP) is 5.17. The molecule has 3 aromatic heterocycles. The number of hydrogen-bond acceptors (Lipinski definition) is 5. The number of benzene rings is 1. The molecule has 0 aliphatic carbocycles. The molecule has 5 nitrogen and oxygen atoms in total. The molecule has 5 heteroatoms. The molecule has 0 bridgehead atoms. The third-order valence-electron chi connectivity index (χ3n) is 4.90. The summed E-state index contributed by atoms with van der Waals surface area (Å²) < 4.78 is 6.17. The fourth-order valence-corrected chi connectivity index (χ4v) is 3.65. The molecule has 4 heterocycles. The lowest BCUT2D eigenvalue weighted by Gasteiger charge is -2.24. The summed E-state index contributed by atoms with van der Waals surface area (Å²) in [5.74, 6) is 0.921. The van der Waals surface area contributed by atoms with Gasteiger partial charge in [-0.3, -0.25) is 4.90 Å². The number of pyridine rings is 2. The fourth-order valence-electron chi connectivity index (χ4n) is 3.65. The van der Waals surface area contributed by atoms with E-state index in [0.717, 1.165) is 39.1 Å². The molecule has 1 aliphatic heterocycles. The first-order valence-electron chi connectivity index (χ1n) is 8.79. The minimum atomic E-state index is 0.333. The van der Waals surface area contributed by atoms with Crippen molar-refractivity contribution in [2.24, 2.45) is 0 Å². The maximum Gasteiger partial charge on any atom is 0.227 e. The number of aromatic nitrogens is 2. The Hall–Kier alpha value is -3.08. The molecule has 0 unspecified atom stereocenters. The van der Waals surface area contributed by atoms with E-state index in [1.165, 1.54) is 0 Å². The van der Waals surface area contributed by atoms with Gasteiger partial charge in [-0.25, -0.2) is 9.97 Å². The van der Waals surface area contributed by atoms with Crippen molar-refractivity contribution in [3.05, 3.63) is 61.0 Å². The molecule has 1 aliphatic rings. The van der Waals surface area contributed by atoms with Gasteiger partial charge >= 0.3 is 0 Å². The van der Waals surface area contributed by atoms with Crippen LogP contribution in [0.15, 0.2) is 53.2 Å². The maximum absolute atomic E-state index is 6.17. The van der Waals surface area contributed by atoms with Crippen LogP contribution in [0.4, 0.5) is 17.2 Å². The van der Waals surface area contributed by atoms with Crippen molar-refractivity contribution in [2.75, 3.05) is 9.80 Å². The average molecular weight is 343 g/mol. The monoisotopic (exact) mass is 343 g/mol. The molecule has 26 heavy (non-hydrogen) atoms. The second-order valence-corrected chi connectivity index (χ2v) is 6.90. The summed E-state index contributed by atoms with van der Waals surface area (Å²) in [4.78, 5) is 13.4. The molecule has 5 rings (SSSR count). The van der Waals surface area contributed by atoms with E-state index in [0.29, 0.717) is 11.8 Å². The van der Waals surface area contributed by atoms with Crippen LogP contribution in [-0.2, 0) is 0 Å². The third-order valence-corrected chi connectivity index (χ3v) is 4.90. The van der Waals surface area contributed by atoms with Crippen LogP contribution in [0.1, 0.15) is 19.4 Å². The molecule has 1 aromatic carbocycles. The first-order valence-corrected chi connectivity index (χ1v) is 8.79. The van der Waals surface area contributed by atoms with Crippen LogP contribution < -0.4 is 9.80 Å². The van der Waals surface area contributed by atoms with Gasteiger partial charge in [-0.1, -0.05) is 12.1 Å². The molecule has 129 valence electrons. The maximum atomic E-state index is 6.17. The number of furan rings is 1. The Morgan fingerprint density at radius 1 is 0.962 bits per heavy atom. The second-order valence-electron chi connectivity index (χ2n) is 6.90. The Morgan fingerprint density at radius 2 is 1.77 bits per heavy atom. The molecule has 0 fully saturated rings. The van der Waals surface area contributed by atoms with E-state index < -0.39 is 0 Å². The molecule has 4 aromatic rings. The molecule has 0 saturated carbocycles. The summed E-state index contributed by atoms with van der Waals surface area (Å²) in [5, 5.41) is 2.10. The molecular weight excluding hydrogens is 324 g/mol. The quantitative estimate of drug-likeness (QED) is 0.502. The highest BCUT2D eigenvalue weighted by atomic mass is 16.3. The van der Waals surface area contributed by atoms with Gasteiger partial charge in [0.2, 0.25) is 5.71 Å². The lowest BCUT2D eigenvalue weighted by molar-refractivity contribution is 0.653. The Balaban J connectivity index is 1.78. The van der Waals surface area contributed by atoms with Crippen molar-refractivity contribution in [2.45, 2.75) is 26.8 Å². The van der Waals surface area contributed by atoms with Crippen molar-refractivity contribution < 1.29 is 4.42 Å². The lowest BCUT2D eigenvalue weighted by Crippen LogP contribution is -2.28. The van der Waals surface area contributed by atoms with Gasteiger partial charge in [-0.2, -0.15) is 0 Å². The number of aryl methyl sites for hydroxylation is 1. The summed E-state index contributed by atoms with van der Waals surface area (Å²) in [6.07, 6.45) is 3.59. The molecule has 0 N–H and O–H groups in total. The van der Waals surface area contributed by atoms with E-state index in [1.54, 1.807) is 6.20 Å². The van der Waals surface area contributed by atoms with Crippen molar-refractivity contribution in [3.8, 4) is 0 Å². The zero-order chi connectivity index (χ0) is 17.8.